The van der Waals surface area contributed by atoms with E-state index in [2.05, 4.69) is 21.2 Å². The predicted octanol–water partition coefficient (Wildman–Crippen LogP) is 3.97. The van der Waals surface area contributed by atoms with Gasteiger partial charge in [0.25, 0.3) is 5.91 Å². The third-order valence-corrected chi connectivity index (χ3v) is 3.43. The fraction of sp³-hybridized carbons (Fsp3) is 0. The lowest BCUT2D eigenvalue weighted by atomic mass is 10.1. The van der Waals surface area contributed by atoms with E-state index in [-0.39, 0.29) is 5.56 Å². The van der Waals surface area contributed by atoms with Gasteiger partial charge in [-0.05, 0) is 30.3 Å². The van der Waals surface area contributed by atoms with Crippen LogP contribution in [0.3, 0.4) is 0 Å². The molecule has 2 rings (SSSR count). The van der Waals surface area contributed by atoms with Gasteiger partial charge in [0.15, 0.2) is 5.75 Å². The molecule has 0 aromatic heterocycles. The van der Waals surface area contributed by atoms with Crippen molar-refractivity contribution in [2.45, 2.75) is 0 Å². The summed E-state index contributed by atoms with van der Waals surface area (Å²) in [4.78, 5) is 21.9. The molecule has 108 valence electrons. The van der Waals surface area contributed by atoms with E-state index in [0.29, 0.717) is 10.7 Å². The minimum atomic E-state index is -0.734. The Labute approximate surface area is 132 Å². The maximum atomic E-state index is 12.0. The van der Waals surface area contributed by atoms with Crippen LogP contribution in [0.1, 0.15) is 10.4 Å². The molecule has 1 amide bonds. The highest BCUT2D eigenvalue weighted by Gasteiger charge is 2.16. The summed E-state index contributed by atoms with van der Waals surface area (Å²) in [5, 5.41) is 23.0. The van der Waals surface area contributed by atoms with Crippen LogP contribution in [-0.4, -0.2) is 15.9 Å². The first-order chi connectivity index (χ1) is 9.88. The van der Waals surface area contributed by atoms with E-state index in [9.17, 15) is 20.0 Å². The molecule has 0 atom stereocenters. The van der Waals surface area contributed by atoms with Gasteiger partial charge in [-0.1, -0.05) is 27.5 Å². The van der Waals surface area contributed by atoms with Gasteiger partial charge in [-0.25, -0.2) is 0 Å². The molecule has 6 nitrogen and oxygen atoms in total. The Bertz CT molecular complexity index is 736. The second-order valence-corrected chi connectivity index (χ2v) is 5.36. The van der Waals surface area contributed by atoms with Gasteiger partial charge in [-0.3, -0.25) is 14.9 Å². The number of nitro groups is 1. The molecular formula is C13H8BrClN2O4. The number of hydrogen-bond acceptors (Lipinski definition) is 4. The van der Waals surface area contributed by atoms with E-state index in [4.69, 9.17) is 11.6 Å². The Morgan fingerprint density at radius 1 is 1.29 bits per heavy atom. The first kappa shape index (κ1) is 15.3. The molecule has 0 aliphatic heterocycles. The van der Waals surface area contributed by atoms with Crippen molar-refractivity contribution < 1.29 is 14.8 Å². The standard InChI is InChI=1S/C13H8BrClN2O4/c14-8-2-3-9(15)10(6-8)16-13(19)7-1-4-11(17(20)21)12(18)5-7/h1-6,18H,(H,16,19). The number of phenolic OH excluding ortho intramolecular Hbond substituents is 1. The summed E-state index contributed by atoms with van der Waals surface area (Å²) < 4.78 is 0.730. The number of nitrogens with one attached hydrogen (secondary N) is 1. The van der Waals surface area contributed by atoms with E-state index < -0.39 is 22.3 Å². The minimum Gasteiger partial charge on any atom is -0.502 e. The smallest absolute Gasteiger partial charge is 0.310 e. The molecule has 0 aliphatic rings. The van der Waals surface area contributed by atoms with Crippen LogP contribution in [-0.2, 0) is 0 Å². The van der Waals surface area contributed by atoms with Crippen molar-refractivity contribution in [3.8, 4) is 5.75 Å². The molecule has 0 heterocycles. The highest BCUT2D eigenvalue weighted by molar-refractivity contribution is 9.10. The number of carbonyl (C=O) groups is 1. The SMILES string of the molecule is O=C(Nc1cc(Br)ccc1Cl)c1ccc([N+](=O)[O-])c(O)c1. The Balaban J connectivity index is 2.26. The van der Waals surface area contributed by atoms with Gasteiger partial charge in [-0.2, -0.15) is 0 Å². The second kappa shape index (κ2) is 6.11. The minimum absolute atomic E-state index is 0.0779. The largest absolute Gasteiger partial charge is 0.502 e. The summed E-state index contributed by atoms with van der Waals surface area (Å²) in [7, 11) is 0. The Kier molecular flexibility index (Phi) is 4.44. The number of rotatable bonds is 3. The topological polar surface area (TPSA) is 92.5 Å². The van der Waals surface area contributed by atoms with E-state index in [1.807, 2.05) is 0 Å². The van der Waals surface area contributed by atoms with Gasteiger partial charge >= 0.3 is 5.69 Å². The monoisotopic (exact) mass is 370 g/mol. The predicted molar refractivity (Wildman–Crippen MR) is 81.9 cm³/mol. The zero-order valence-corrected chi connectivity index (χ0v) is 12.7. The number of nitrogens with zero attached hydrogens (tertiary/aromatic N) is 1. The molecule has 0 fully saturated rings. The maximum absolute atomic E-state index is 12.0. The molecule has 2 N–H and O–H groups in total. The first-order valence-electron chi connectivity index (χ1n) is 5.62. The highest BCUT2D eigenvalue weighted by Crippen LogP contribution is 2.28. The Morgan fingerprint density at radius 2 is 2.00 bits per heavy atom. The van der Waals surface area contributed by atoms with E-state index in [1.165, 1.54) is 6.07 Å². The van der Waals surface area contributed by atoms with E-state index in [1.54, 1.807) is 18.2 Å². The van der Waals surface area contributed by atoms with Crippen molar-refractivity contribution in [3.05, 3.63) is 61.6 Å². The van der Waals surface area contributed by atoms with Gasteiger partial charge in [0.05, 0.1) is 15.6 Å². The summed E-state index contributed by atoms with van der Waals surface area (Å²) in [5.41, 5.74) is -0.00457. The summed E-state index contributed by atoms with van der Waals surface area (Å²) in [6.07, 6.45) is 0. The molecule has 8 heteroatoms. The fourth-order valence-corrected chi connectivity index (χ4v) is 2.13. The van der Waals surface area contributed by atoms with Crippen LogP contribution in [0.25, 0.3) is 0 Å². The number of halogens is 2. The van der Waals surface area contributed by atoms with Gasteiger partial charge < -0.3 is 10.4 Å². The number of hydrogen-bond donors (Lipinski definition) is 2. The fourth-order valence-electron chi connectivity index (χ4n) is 1.61. The summed E-state index contributed by atoms with van der Waals surface area (Å²) >= 11 is 9.21. The van der Waals surface area contributed by atoms with Gasteiger partial charge in [0.2, 0.25) is 0 Å². The van der Waals surface area contributed by atoms with Crippen molar-refractivity contribution in [2.24, 2.45) is 0 Å². The number of nitro benzene ring substituents is 1. The molecule has 0 saturated carbocycles. The van der Waals surface area contributed by atoms with Gasteiger partial charge in [0, 0.05) is 16.1 Å². The van der Waals surface area contributed by atoms with Gasteiger partial charge in [0.1, 0.15) is 0 Å². The number of carbonyl (C=O) groups excluding carboxylic acids is 1. The lowest BCUT2D eigenvalue weighted by molar-refractivity contribution is -0.385. The zero-order chi connectivity index (χ0) is 15.6. The molecule has 0 saturated heterocycles. The number of aromatic hydroxyl groups is 1. The number of phenols is 1. The molecule has 21 heavy (non-hydrogen) atoms. The molecule has 2 aromatic carbocycles. The zero-order valence-electron chi connectivity index (χ0n) is 10.3. The van der Waals surface area contributed by atoms with Crippen LogP contribution >= 0.6 is 27.5 Å². The maximum Gasteiger partial charge on any atom is 0.310 e. The van der Waals surface area contributed by atoms with Crippen molar-refractivity contribution in [1.82, 2.24) is 0 Å². The summed E-state index contributed by atoms with van der Waals surface area (Å²) in [6, 6.07) is 8.28. The van der Waals surface area contributed by atoms with Crippen LogP contribution in [0.5, 0.6) is 5.75 Å². The molecule has 0 spiro atoms. The number of amides is 1. The third kappa shape index (κ3) is 3.50. The van der Waals surface area contributed by atoms with Crippen molar-refractivity contribution in [2.75, 3.05) is 5.32 Å². The quantitative estimate of drug-likeness (QED) is 0.631. The summed E-state index contributed by atoms with van der Waals surface area (Å²) in [6.45, 7) is 0. The van der Waals surface area contributed by atoms with Crippen molar-refractivity contribution in [1.29, 1.82) is 0 Å². The third-order valence-electron chi connectivity index (χ3n) is 2.61. The van der Waals surface area contributed by atoms with Crippen molar-refractivity contribution in [3.63, 3.8) is 0 Å². The number of anilines is 1. The van der Waals surface area contributed by atoms with Crippen LogP contribution in [0, 0.1) is 10.1 Å². The van der Waals surface area contributed by atoms with Crippen LogP contribution < -0.4 is 5.32 Å². The lowest BCUT2D eigenvalue weighted by Gasteiger charge is -2.08. The molecular weight excluding hydrogens is 364 g/mol. The van der Waals surface area contributed by atoms with Gasteiger partial charge in [-0.15, -0.1) is 0 Å². The first-order valence-corrected chi connectivity index (χ1v) is 6.79. The Morgan fingerprint density at radius 3 is 2.62 bits per heavy atom. The Hall–Kier alpha value is -2.12. The molecule has 0 radical (unpaired) electrons. The second-order valence-electron chi connectivity index (χ2n) is 4.04. The molecule has 0 bridgehead atoms. The normalized spacial score (nSPS) is 10.2. The average Bonchev–Trinajstić information content (AvgIpc) is 2.42. The number of benzene rings is 2. The highest BCUT2D eigenvalue weighted by atomic mass is 79.9. The molecule has 0 unspecified atom stereocenters. The molecule has 0 aliphatic carbocycles. The molecule has 2 aromatic rings. The lowest BCUT2D eigenvalue weighted by Crippen LogP contribution is -2.12. The van der Waals surface area contributed by atoms with Crippen molar-refractivity contribution >= 4 is 44.8 Å². The van der Waals surface area contributed by atoms with Crippen LogP contribution in [0.4, 0.5) is 11.4 Å². The van der Waals surface area contributed by atoms with Crippen LogP contribution in [0.2, 0.25) is 5.02 Å². The van der Waals surface area contributed by atoms with E-state index >= 15 is 0 Å². The average molecular weight is 372 g/mol. The summed E-state index contributed by atoms with van der Waals surface area (Å²) in [5.74, 6) is -1.12. The van der Waals surface area contributed by atoms with E-state index in [0.717, 1.165) is 16.6 Å². The van der Waals surface area contributed by atoms with Crippen LogP contribution in [0.15, 0.2) is 40.9 Å².